The maximum Gasteiger partial charge on any atom is 0.239 e. The lowest BCUT2D eigenvalue weighted by Crippen LogP contribution is -2.30. The van der Waals surface area contributed by atoms with Gasteiger partial charge in [-0.25, -0.2) is 0 Å². The number of anilines is 1. The molecule has 1 saturated heterocycles. The Morgan fingerprint density at radius 2 is 2.08 bits per heavy atom. The molecular weight excluding hydrogens is 318 g/mol. The molecule has 2 heterocycles. The van der Waals surface area contributed by atoms with Gasteiger partial charge in [0, 0.05) is 4.88 Å². The molecule has 24 heavy (non-hydrogen) atoms. The summed E-state index contributed by atoms with van der Waals surface area (Å²) in [6, 6.07) is 2.34. The Labute approximate surface area is 148 Å². The standard InChI is InChI=1S/C19H27N3OS/c1-19(2,3)13-6-7-14-15(11-20)18(24-16(14)10-13)21-17(23)12-22-8-4-5-9-22/h13H,4-10,12H2,1-3H3,(H,21,23). The summed E-state index contributed by atoms with van der Waals surface area (Å²) in [5.74, 6) is 0.655. The Morgan fingerprint density at radius 3 is 2.71 bits per heavy atom. The number of rotatable bonds is 3. The molecule has 4 nitrogen and oxygen atoms in total. The molecule has 0 saturated carbocycles. The Morgan fingerprint density at radius 1 is 1.38 bits per heavy atom. The van der Waals surface area contributed by atoms with Gasteiger partial charge >= 0.3 is 0 Å². The molecule has 1 fully saturated rings. The van der Waals surface area contributed by atoms with Crippen LogP contribution < -0.4 is 5.32 Å². The first-order valence-corrected chi connectivity index (χ1v) is 9.77. The summed E-state index contributed by atoms with van der Waals surface area (Å²) in [6.45, 7) is 9.33. The van der Waals surface area contributed by atoms with Crippen LogP contribution in [0.3, 0.4) is 0 Å². The summed E-state index contributed by atoms with van der Waals surface area (Å²) >= 11 is 1.62. The van der Waals surface area contributed by atoms with E-state index in [1.165, 1.54) is 23.3 Å². The molecule has 1 N–H and O–H groups in total. The molecule has 5 heteroatoms. The number of fused-ring (bicyclic) bond motifs is 1. The van der Waals surface area contributed by atoms with Crippen LogP contribution in [0.2, 0.25) is 0 Å². The zero-order chi connectivity index (χ0) is 17.3. The van der Waals surface area contributed by atoms with Gasteiger partial charge in [0.25, 0.3) is 0 Å². The van der Waals surface area contributed by atoms with E-state index in [4.69, 9.17) is 0 Å². The average Bonchev–Trinajstić information content (AvgIpc) is 3.12. The van der Waals surface area contributed by atoms with Crippen molar-refractivity contribution in [3.8, 4) is 6.07 Å². The number of thiophene rings is 1. The molecule has 130 valence electrons. The first kappa shape index (κ1) is 17.4. The quantitative estimate of drug-likeness (QED) is 0.906. The topological polar surface area (TPSA) is 56.1 Å². The van der Waals surface area contributed by atoms with Crippen molar-refractivity contribution < 1.29 is 4.79 Å². The Kier molecular flexibility index (Phi) is 4.98. The lowest BCUT2D eigenvalue weighted by molar-refractivity contribution is -0.117. The van der Waals surface area contributed by atoms with Crippen LogP contribution in [0.4, 0.5) is 5.00 Å². The van der Waals surface area contributed by atoms with Crippen LogP contribution in [-0.2, 0) is 17.6 Å². The van der Waals surface area contributed by atoms with Crippen molar-refractivity contribution in [2.45, 2.75) is 52.9 Å². The highest BCUT2D eigenvalue weighted by Crippen LogP contribution is 2.43. The highest BCUT2D eigenvalue weighted by atomic mass is 32.1. The molecule has 3 rings (SSSR count). The van der Waals surface area contributed by atoms with Crippen LogP contribution in [0, 0.1) is 22.7 Å². The lowest BCUT2D eigenvalue weighted by Gasteiger charge is -2.33. The number of carbonyl (C=O) groups is 1. The zero-order valence-electron chi connectivity index (χ0n) is 14.9. The highest BCUT2D eigenvalue weighted by molar-refractivity contribution is 7.16. The van der Waals surface area contributed by atoms with Gasteiger partial charge < -0.3 is 5.32 Å². The number of hydrogen-bond acceptors (Lipinski definition) is 4. The minimum absolute atomic E-state index is 0.0133. The molecule has 0 aromatic carbocycles. The number of nitrogens with one attached hydrogen (secondary N) is 1. The lowest BCUT2D eigenvalue weighted by atomic mass is 9.72. The number of hydrogen-bond donors (Lipinski definition) is 1. The fourth-order valence-corrected chi connectivity index (χ4v) is 5.14. The second kappa shape index (κ2) is 6.85. The van der Waals surface area contributed by atoms with E-state index in [1.54, 1.807) is 11.3 Å². The van der Waals surface area contributed by atoms with E-state index in [1.807, 2.05) is 0 Å². The van der Waals surface area contributed by atoms with Crippen molar-refractivity contribution >= 4 is 22.2 Å². The van der Waals surface area contributed by atoms with Crippen LogP contribution in [0.15, 0.2) is 0 Å². The molecular formula is C19H27N3OS. The fourth-order valence-electron chi connectivity index (χ4n) is 3.84. The molecule has 1 aromatic heterocycles. The monoisotopic (exact) mass is 345 g/mol. The highest BCUT2D eigenvalue weighted by Gasteiger charge is 2.32. The minimum atomic E-state index is 0.0133. The van der Waals surface area contributed by atoms with Crippen LogP contribution in [0.25, 0.3) is 0 Å². The SMILES string of the molecule is CC(C)(C)C1CCc2c(sc(NC(=O)CN3CCCC3)c2C#N)C1. The third-order valence-corrected chi connectivity index (χ3v) is 6.59. The van der Waals surface area contributed by atoms with Gasteiger partial charge in [-0.1, -0.05) is 20.8 Å². The summed E-state index contributed by atoms with van der Waals surface area (Å²) in [7, 11) is 0. The minimum Gasteiger partial charge on any atom is -0.315 e. The maximum absolute atomic E-state index is 12.3. The second-order valence-corrected chi connectivity index (χ2v) is 9.26. The predicted molar refractivity (Wildman–Crippen MR) is 98.3 cm³/mol. The fraction of sp³-hybridized carbons (Fsp3) is 0.684. The summed E-state index contributed by atoms with van der Waals surface area (Å²) in [5.41, 5.74) is 2.17. The molecule has 2 aliphatic rings. The van der Waals surface area contributed by atoms with Crippen molar-refractivity contribution in [1.29, 1.82) is 5.26 Å². The van der Waals surface area contributed by atoms with E-state index in [2.05, 4.69) is 37.1 Å². The zero-order valence-corrected chi connectivity index (χ0v) is 15.8. The third-order valence-electron chi connectivity index (χ3n) is 5.42. The van der Waals surface area contributed by atoms with Crippen molar-refractivity contribution in [3.63, 3.8) is 0 Å². The van der Waals surface area contributed by atoms with E-state index in [-0.39, 0.29) is 11.3 Å². The number of nitriles is 1. The third kappa shape index (κ3) is 3.65. The van der Waals surface area contributed by atoms with Crippen molar-refractivity contribution in [1.82, 2.24) is 4.90 Å². The van der Waals surface area contributed by atoms with Crippen molar-refractivity contribution in [2.75, 3.05) is 25.0 Å². The van der Waals surface area contributed by atoms with E-state index >= 15 is 0 Å². The van der Waals surface area contributed by atoms with E-state index in [0.717, 1.165) is 37.4 Å². The molecule has 1 unspecified atom stereocenters. The first-order valence-electron chi connectivity index (χ1n) is 8.95. The van der Waals surface area contributed by atoms with Gasteiger partial charge in [0.05, 0.1) is 12.1 Å². The van der Waals surface area contributed by atoms with E-state index in [9.17, 15) is 10.1 Å². The summed E-state index contributed by atoms with van der Waals surface area (Å²) in [5, 5.41) is 13.4. The van der Waals surface area contributed by atoms with Crippen LogP contribution in [-0.4, -0.2) is 30.4 Å². The van der Waals surface area contributed by atoms with E-state index < -0.39 is 0 Å². The maximum atomic E-state index is 12.3. The van der Waals surface area contributed by atoms with Crippen molar-refractivity contribution in [3.05, 3.63) is 16.0 Å². The molecule has 0 spiro atoms. The average molecular weight is 346 g/mol. The molecule has 1 aliphatic heterocycles. The molecule has 1 amide bonds. The van der Waals surface area contributed by atoms with Gasteiger partial charge in [-0.05, 0) is 62.1 Å². The summed E-state index contributed by atoms with van der Waals surface area (Å²) < 4.78 is 0. The smallest absolute Gasteiger partial charge is 0.239 e. The van der Waals surface area contributed by atoms with Crippen molar-refractivity contribution in [2.24, 2.45) is 11.3 Å². The van der Waals surface area contributed by atoms with Gasteiger partial charge in [0.2, 0.25) is 5.91 Å². The molecule has 1 aromatic rings. The normalized spacial score (nSPS) is 21.3. The largest absolute Gasteiger partial charge is 0.315 e. The molecule has 0 bridgehead atoms. The van der Waals surface area contributed by atoms with Crippen LogP contribution in [0.1, 0.15) is 56.0 Å². The van der Waals surface area contributed by atoms with Gasteiger partial charge in [0.15, 0.2) is 0 Å². The van der Waals surface area contributed by atoms with Gasteiger partial charge in [0.1, 0.15) is 11.1 Å². The van der Waals surface area contributed by atoms with Gasteiger partial charge in [-0.3, -0.25) is 9.69 Å². The second-order valence-electron chi connectivity index (χ2n) is 8.16. The van der Waals surface area contributed by atoms with Gasteiger partial charge in [-0.15, -0.1) is 11.3 Å². The summed E-state index contributed by atoms with van der Waals surface area (Å²) in [4.78, 5) is 15.8. The number of carbonyl (C=O) groups excluding carboxylic acids is 1. The predicted octanol–water partition coefficient (Wildman–Crippen LogP) is 3.81. The summed E-state index contributed by atoms with van der Waals surface area (Å²) in [6.07, 6.45) is 5.47. The Hall–Kier alpha value is -1.38. The number of likely N-dealkylation sites (tertiary alicyclic amines) is 1. The van der Waals surface area contributed by atoms with Crippen LogP contribution >= 0.6 is 11.3 Å². The van der Waals surface area contributed by atoms with E-state index in [0.29, 0.717) is 18.0 Å². The first-order chi connectivity index (χ1) is 11.4. The van der Waals surface area contributed by atoms with Crippen LogP contribution in [0.5, 0.6) is 0 Å². The molecule has 0 radical (unpaired) electrons. The van der Waals surface area contributed by atoms with Gasteiger partial charge in [-0.2, -0.15) is 5.26 Å². The number of nitrogens with zero attached hydrogens (tertiary/aromatic N) is 2. The molecule has 1 atom stereocenters. The molecule has 1 aliphatic carbocycles. The Balaban J connectivity index is 1.74. The Bertz CT molecular complexity index is 659. The number of amides is 1.